The van der Waals surface area contributed by atoms with Gasteiger partial charge in [0.15, 0.2) is 13.2 Å². The van der Waals surface area contributed by atoms with Gasteiger partial charge < -0.3 is 56.0 Å². The highest BCUT2D eigenvalue weighted by molar-refractivity contribution is 5.91. The molecule has 4 aromatic rings. The zero-order chi connectivity index (χ0) is 47.5. The molecule has 0 spiro atoms. The lowest BCUT2D eigenvalue weighted by atomic mass is 10.2. The number of carbonyl (C=O) groups excluding carboxylic acids is 3. The Balaban J connectivity index is 0.000000447. The van der Waals surface area contributed by atoms with Crippen molar-refractivity contribution in [2.24, 2.45) is 5.73 Å². The van der Waals surface area contributed by atoms with E-state index in [-0.39, 0.29) is 90.5 Å². The summed E-state index contributed by atoms with van der Waals surface area (Å²) < 4.78 is 31.6. The van der Waals surface area contributed by atoms with Gasteiger partial charge in [0.2, 0.25) is 23.3 Å². The molecule has 27 heteroatoms. The standard InChI is InChI=1S/C19H24N6O8.C19H22N6O7.2CH4/c1-2-31-19(28)24(10-12-5-3-6-13(9-12)33-11-14(26)27)17-15(25(29)30)16(21)22-18(23-17)32-8-4-7-20;1-2-30-19(27)24-10-12-5-3-6-13(9-12)32-11-14(26)21-7-4-8-31-18-22-16(20)15(25(28)29)17(24)23-18;;/h3,5-6,9H,2,4,7-8,10-11,20H2,1H3,(H,26,27)(H2,21,22,23);3,5-6,9H,2,4,7-8,10-11H2,1H3,(H,21,26)(H2,20,22,23);2*1H4. The Bertz CT molecular complexity index is 2340. The lowest BCUT2D eigenvalue weighted by molar-refractivity contribution is -0.383. The number of nitro groups is 2. The Morgan fingerprint density at radius 2 is 1.63 bits per heavy atom. The van der Waals surface area contributed by atoms with Gasteiger partial charge >= 0.3 is 41.6 Å². The van der Waals surface area contributed by atoms with Crippen LogP contribution in [0.15, 0.2) is 48.5 Å². The van der Waals surface area contributed by atoms with Gasteiger partial charge in [-0.25, -0.2) is 14.4 Å². The summed E-state index contributed by atoms with van der Waals surface area (Å²) in [5.74, 6) is -2.61. The summed E-state index contributed by atoms with van der Waals surface area (Å²) in [7, 11) is 0. The molecule has 0 aliphatic carbocycles. The first-order valence-corrected chi connectivity index (χ1v) is 19.6. The third-order valence-corrected chi connectivity index (χ3v) is 8.26. The topological polar surface area (TPSA) is 378 Å². The highest BCUT2D eigenvalue weighted by Gasteiger charge is 2.34. The number of carbonyl (C=O) groups is 4. The normalized spacial score (nSPS) is 12.0. The molecule has 1 aliphatic rings. The van der Waals surface area contributed by atoms with Crippen LogP contribution in [0.5, 0.6) is 23.5 Å². The molecule has 0 saturated carbocycles. The Kier molecular flexibility index (Phi) is 22.1. The summed E-state index contributed by atoms with van der Waals surface area (Å²) in [6.07, 6.45) is -0.923. The predicted octanol–water partition coefficient (Wildman–Crippen LogP) is 4.00. The van der Waals surface area contributed by atoms with Crippen LogP contribution in [-0.4, -0.2) is 112 Å². The van der Waals surface area contributed by atoms with Gasteiger partial charge in [0.05, 0.1) is 49.4 Å². The number of anilines is 4. The number of aromatic nitrogens is 4. The number of benzene rings is 2. The van der Waals surface area contributed by atoms with E-state index in [9.17, 15) is 39.4 Å². The molecule has 67 heavy (non-hydrogen) atoms. The molecule has 2 aromatic carbocycles. The smallest absolute Gasteiger partial charge is 0.415 e. The van der Waals surface area contributed by atoms with Gasteiger partial charge in [0.25, 0.3) is 5.91 Å². The van der Waals surface area contributed by atoms with E-state index in [1.165, 1.54) is 12.1 Å². The lowest BCUT2D eigenvalue weighted by Crippen LogP contribution is -2.33. The minimum absolute atomic E-state index is 0. The van der Waals surface area contributed by atoms with Gasteiger partial charge in [-0.15, -0.1) is 0 Å². The van der Waals surface area contributed by atoms with Crippen molar-refractivity contribution in [1.29, 1.82) is 0 Å². The van der Waals surface area contributed by atoms with Crippen LogP contribution < -0.4 is 51.3 Å². The number of hydrogen-bond acceptors (Lipinski definition) is 21. The summed E-state index contributed by atoms with van der Waals surface area (Å²) in [4.78, 5) is 87.5. The Morgan fingerprint density at radius 1 is 0.925 bits per heavy atom. The number of amides is 3. The average molecular weight is 943 g/mol. The molecule has 3 heterocycles. The monoisotopic (exact) mass is 942 g/mol. The van der Waals surface area contributed by atoms with E-state index in [1.54, 1.807) is 50.2 Å². The molecule has 2 aromatic heterocycles. The molecule has 0 fully saturated rings. The molecule has 5 rings (SSSR count). The fraction of sp³-hybridized carbons (Fsp3) is 0.400. The molecule has 0 saturated heterocycles. The van der Waals surface area contributed by atoms with E-state index in [0.29, 0.717) is 42.8 Å². The van der Waals surface area contributed by atoms with Gasteiger partial charge in [0, 0.05) is 6.54 Å². The number of aliphatic carboxylic acids is 1. The first-order chi connectivity index (χ1) is 31.1. The van der Waals surface area contributed by atoms with Crippen LogP contribution in [0.25, 0.3) is 0 Å². The number of nitrogens with one attached hydrogen (secondary N) is 1. The summed E-state index contributed by atoms with van der Waals surface area (Å²) in [6, 6.07) is 12.2. The van der Waals surface area contributed by atoms with Gasteiger partial charge in [-0.2, -0.15) is 19.9 Å². The number of carboxylic acid groups (broad SMARTS) is 1. The van der Waals surface area contributed by atoms with Crippen molar-refractivity contribution >= 4 is 58.7 Å². The fourth-order valence-corrected chi connectivity index (χ4v) is 5.48. The number of fused-ring (bicyclic) bond motifs is 4. The van der Waals surface area contributed by atoms with Crippen molar-refractivity contribution in [1.82, 2.24) is 25.3 Å². The average Bonchev–Trinajstić information content (AvgIpc) is 3.25. The summed E-state index contributed by atoms with van der Waals surface area (Å²) in [5.41, 5.74) is 16.6. The number of nitrogen functional groups attached to an aromatic ring is 2. The number of ether oxygens (including phenoxy) is 6. The van der Waals surface area contributed by atoms with Crippen molar-refractivity contribution < 1.29 is 62.6 Å². The molecule has 8 N–H and O–H groups in total. The minimum Gasteiger partial charge on any atom is -0.484 e. The maximum Gasteiger partial charge on any atom is 0.415 e. The Hall–Kier alpha value is -8.36. The van der Waals surface area contributed by atoms with Gasteiger partial charge in [-0.3, -0.25) is 34.8 Å². The van der Waals surface area contributed by atoms with Gasteiger partial charge in [0.1, 0.15) is 11.5 Å². The third-order valence-electron chi connectivity index (χ3n) is 8.26. The fourth-order valence-electron chi connectivity index (χ4n) is 5.48. The quantitative estimate of drug-likeness (QED) is 0.0677. The van der Waals surface area contributed by atoms with Crippen LogP contribution in [0.4, 0.5) is 44.2 Å². The number of hydrogen-bond donors (Lipinski definition) is 5. The molecule has 1 aliphatic heterocycles. The highest BCUT2D eigenvalue weighted by Crippen LogP contribution is 2.36. The maximum absolute atomic E-state index is 12.7. The number of carboxylic acids is 1. The van der Waals surface area contributed by atoms with Crippen LogP contribution in [0.2, 0.25) is 0 Å². The molecular formula is C40H54N12O15. The van der Waals surface area contributed by atoms with Crippen LogP contribution in [0, 0.1) is 20.2 Å². The number of rotatable bonds is 14. The largest absolute Gasteiger partial charge is 0.484 e. The van der Waals surface area contributed by atoms with E-state index >= 15 is 0 Å². The molecule has 0 atom stereocenters. The molecular weight excluding hydrogens is 889 g/mol. The second kappa shape index (κ2) is 27.1. The maximum atomic E-state index is 12.7. The van der Waals surface area contributed by atoms with E-state index in [0.717, 1.165) is 9.80 Å². The molecule has 27 nitrogen and oxygen atoms in total. The van der Waals surface area contributed by atoms with Crippen molar-refractivity contribution in [2.75, 3.05) is 74.0 Å². The third kappa shape index (κ3) is 16.3. The Labute approximate surface area is 383 Å². The van der Waals surface area contributed by atoms with Crippen LogP contribution in [0.1, 0.15) is 52.7 Å². The predicted molar refractivity (Wildman–Crippen MR) is 240 cm³/mol. The second-order valence-electron chi connectivity index (χ2n) is 13.0. The van der Waals surface area contributed by atoms with Crippen LogP contribution in [0.3, 0.4) is 0 Å². The van der Waals surface area contributed by atoms with E-state index in [4.69, 9.17) is 50.7 Å². The first-order valence-electron chi connectivity index (χ1n) is 19.6. The summed E-state index contributed by atoms with van der Waals surface area (Å²) >= 11 is 0. The van der Waals surface area contributed by atoms with Crippen LogP contribution in [-0.2, 0) is 32.2 Å². The Morgan fingerprint density at radius 3 is 2.30 bits per heavy atom. The molecule has 0 unspecified atom stereocenters. The van der Waals surface area contributed by atoms with E-state index < -0.39 is 63.4 Å². The second-order valence-corrected chi connectivity index (χ2v) is 13.0. The molecule has 364 valence electrons. The number of nitrogens with zero attached hydrogens (tertiary/aromatic N) is 8. The summed E-state index contributed by atoms with van der Waals surface area (Å²) in [6.45, 7) is 2.91. The van der Waals surface area contributed by atoms with Gasteiger partial charge in [-0.1, -0.05) is 39.1 Å². The van der Waals surface area contributed by atoms with Crippen molar-refractivity contribution in [3.63, 3.8) is 0 Å². The minimum atomic E-state index is -1.16. The zero-order valence-electron chi connectivity index (χ0n) is 35.1. The molecule has 0 radical (unpaired) electrons. The van der Waals surface area contributed by atoms with E-state index in [1.807, 2.05) is 0 Å². The van der Waals surface area contributed by atoms with Crippen molar-refractivity contribution in [3.05, 3.63) is 79.9 Å². The lowest BCUT2D eigenvalue weighted by Gasteiger charge is -2.22. The molecule has 3 amide bonds. The van der Waals surface area contributed by atoms with Crippen molar-refractivity contribution in [3.8, 4) is 23.5 Å². The summed E-state index contributed by atoms with van der Waals surface area (Å²) in [5, 5.41) is 34.8. The van der Waals surface area contributed by atoms with Crippen LogP contribution >= 0.6 is 0 Å². The SMILES string of the molecule is C.C.CCOC(=O)N(Cc1cccc(OCC(=O)O)c1)c1nc(OCCCN)nc(N)c1[N+](=O)[O-].CCOC(=O)N1Cc2cccc(c2)OCC(=O)NCCCOc2nc(N)c([N+](=O)[O-])c1n2. The number of nitrogens with two attached hydrogens (primary N) is 3. The first kappa shape index (κ1) is 54.8. The molecule has 4 bridgehead atoms. The van der Waals surface area contributed by atoms with Gasteiger partial charge in [-0.05, 0) is 68.6 Å². The zero-order valence-corrected chi connectivity index (χ0v) is 35.1. The highest BCUT2D eigenvalue weighted by atomic mass is 16.6. The van der Waals surface area contributed by atoms with E-state index in [2.05, 4.69) is 25.3 Å². The van der Waals surface area contributed by atoms with Crippen molar-refractivity contribution in [2.45, 2.75) is 54.6 Å².